The molecule has 0 radical (unpaired) electrons. The second kappa shape index (κ2) is 4.51. The molecular formula is C11H17FN2. The first kappa shape index (κ1) is 11.1. The van der Waals surface area contributed by atoms with Gasteiger partial charge in [-0.1, -0.05) is 19.8 Å². The molecule has 1 aromatic rings. The van der Waals surface area contributed by atoms with Crippen molar-refractivity contribution in [3.05, 3.63) is 29.8 Å². The Kier molecular flexibility index (Phi) is 3.58. The predicted molar refractivity (Wildman–Crippen MR) is 55.3 cm³/mol. The third-order valence-electron chi connectivity index (χ3n) is 2.36. The van der Waals surface area contributed by atoms with E-state index < -0.39 is 5.54 Å². The summed E-state index contributed by atoms with van der Waals surface area (Å²) in [6.07, 6.45) is 4.26. The summed E-state index contributed by atoms with van der Waals surface area (Å²) in [6.45, 7) is 4.05. The number of hydrogen-bond acceptors (Lipinski definition) is 2. The highest BCUT2D eigenvalue weighted by atomic mass is 19.1. The molecule has 3 heteroatoms. The van der Waals surface area contributed by atoms with E-state index >= 15 is 0 Å². The lowest BCUT2D eigenvalue weighted by atomic mass is 9.92. The van der Waals surface area contributed by atoms with Crippen LogP contribution in [0, 0.1) is 5.82 Å². The van der Waals surface area contributed by atoms with Gasteiger partial charge in [-0.2, -0.15) is 0 Å². The van der Waals surface area contributed by atoms with Gasteiger partial charge >= 0.3 is 0 Å². The average molecular weight is 196 g/mol. The van der Waals surface area contributed by atoms with E-state index in [1.54, 1.807) is 6.07 Å². The molecule has 0 saturated carbocycles. The summed E-state index contributed by atoms with van der Waals surface area (Å²) in [5.74, 6) is -0.319. The van der Waals surface area contributed by atoms with Crippen LogP contribution < -0.4 is 5.73 Å². The Morgan fingerprint density at radius 2 is 2.21 bits per heavy atom. The molecule has 78 valence electrons. The van der Waals surface area contributed by atoms with Crippen LogP contribution in [-0.2, 0) is 5.54 Å². The molecule has 1 heterocycles. The molecule has 1 unspecified atom stereocenters. The van der Waals surface area contributed by atoms with Crippen molar-refractivity contribution in [1.29, 1.82) is 0 Å². The molecule has 0 aliphatic heterocycles. The maximum atomic E-state index is 12.6. The van der Waals surface area contributed by atoms with Gasteiger partial charge in [0.15, 0.2) is 0 Å². The lowest BCUT2D eigenvalue weighted by molar-refractivity contribution is 0.420. The van der Waals surface area contributed by atoms with Crippen molar-refractivity contribution in [2.45, 2.75) is 38.6 Å². The van der Waals surface area contributed by atoms with Crippen LogP contribution in [0.1, 0.15) is 38.8 Å². The van der Waals surface area contributed by atoms with Gasteiger partial charge in [-0.25, -0.2) is 4.39 Å². The number of halogens is 1. The largest absolute Gasteiger partial charge is 0.320 e. The van der Waals surface area contributed by atoms with E-state index in [4.69, 9.17) is 5.73 Å². The molecule has 1 rings (SSSR count). The summed E-state index contributed by atoms with van der Waals surface area (Å²) in [5.41, 5.74) is 6.41. The fraction of sp³-hybridized carbons (Fsp3) is 0.545. The Hall–Kier alpha value is -0.960. The summed E-state index contributed by atoms with van der Waals surface area (Å²) in [5, 5.41) is 0. The van der Waals surface area contributed by atoms with Gasteiger partial charge in [0.05, 0.1) is 17.4 Å². The molecule has 0 spiro atoms. The van der Waals surface area contributed by atoms with Crippen LogP contribution in [0.25, 0.3) is 0 Å². The number of pyridine rings is 1. The monoisotopic (exact) mass is 196 g/mol. The highest BCUT2D eigenvalue weighted by Gasteiger charge is 2.21. The number of aromatic nitrogens is 1. The summed E-state index contributed by atoms with van der Waals surface area (Å²) in [6, 6.07) is 3.06. The first-order valence-corrected chi connectivity index (χ1v) is 4.97. The van der Waals surface area contributed by atoms with E-state index in [-0.39, 0.29) is 5.82 Å². The molecule has 0 aliphatic carbocycles. The van der Waals surface area contributed by atoms with Crippen LogP contribution in [-0.4, -0.2) is 4.98 Å². The summed E-state index contributed by atoms with van der Waals surface area (Å²) < 4.78 is 12.6. The second-order valence-corrected chi connectivity index (χ2v) is 3.88. The minimum absolute atomic E-state index is 0.319. The van der Waals surface area contributed by atoms with Crippen molar-refractivity contribution in [3.63, 3.8) is 0 Å². The minimum atomic E-state index is -0.441. The standard InChI is InChI=1S/C11H17FN2/c1-3-4-7-11(2,13)10-6-5-9(12)8-14-10/h5-6,8H,3-4,7,13H2,1-2H3. The summed E-state index contributed by atoms with van der Waals surface area (Å²) >= 11 is 0. The molecule has 0 aromatic carbocycles. The lowest BCUT2D eigenvalue weighted by Gasteiger charge is -2.23. The van der Waals surface area contributed by atoms with Crippen molar-refractivity contribution >= 4 is 0 Å². The third-order valence-corrected chi connectivity index (χ3v) is 2.36. The highest BCUT2D eigenvalue weighted by molar-refractivity contribution is 5.14. The van der Waals surface area contributed by atoms with Gasteiger partial charge in [0.25, 0.3) is 0 Å². The minimum Gasteiger partial charge on any atom is -0.320 e. The average Bonchev–Trinajstić information content (AvgIpc) is 2.16. The SMILES string of the molecule is CCCCC(C)(N)c1ccc(F)cn1. The Morgan fingerprint density at radius 1 is 1.50 bits per heavy atom. The fourth-order valence-corrected chi connectivity index (χ4v) is 1.39. The molecule has 1 aromatic heterocycles. The summed E-state index contributed by atoms with van der Waals surface area (Å²) in [4.78, 5) is 4.00. The molecule has 1 atom stereocenters. The Morgan fingerprint density at radius 3 is 2.71 bits per heavy atom. The third kappa shape index (κ3) is 2.77. The normalized spacial score (nSPS) is 15.1. The molecular weight excluding hydrogens is 179 g/mol. The van der Waals surface area contributed by atoms with E-state index in [2.05, 4.69) is 11.9 Å². The molecule has 0 amide bonds. The van der Waals surface area contributed by atoms with Gasteiger partial charge in [0, 0.05) is 0 Å². The van der Waals surface area contributed by atoms with Gasteiger partial charge in [0.2, 0.25) is 0 Å². The molecule has 0 fully saturated rings. The van der Waals surface area contributed by atoms with Crippen LogP contribution in [0.5, 0.6) is 0 Å². The smallest absolute Gasteiger partial charge is 0.141 e. The molecule has 0 saturated heterocycles. The van der Waals surface area contributed by atoms with E-state index in [9.17, 15) is 4.39 Å². The highest BCUT2D eigenvalue weighted by Crippen LogP contribution is 2.21. The van der Waals surface area contributed by atoms with Gasteiger partial charge in [0.1, 0.15) is 5.82 Å². The number of rotatable bonds is 4. The second-order valence-electron chi connectivity index (χ2n) is 3.88. The number of nitrogens with two attached hydrogens (primary N) is 1. The van der Waals surface area contributed by atoms with Crippen molar-refractivity contribution in [1.82, 2.24) is 4.98 Å². The van der Waals surface area contributed by atoms with Crippen LogP contribution in [0.4, 0.5) is 4.39 Å². The van der Waals surface area contributed by atoms with Gasteiger partial charge in [-0.15, -0.1) is 0 Å². The van der Waals surface area contributed by atoms with E-state index in [1.807, 2.05) is 6.92 Å². The molecule has 2 nitrogen and oxygen atoms in total. The van der Waals surface area contributed by atoms with Crippen molar-refractivity contribution in [2.75, 3.05) is 0 Å². The van der Waals surface area contributed by atoms with Gasteiger partial charge in [-0.05, 0) is 25.5 Å². The zero-order valence-corrected chi connectivity index (χ0v) is 8.76. The van der Waals surface area contributed by atoms with Crippen LogP contribution in [0.2, 0.25) is 0 Å². The number of unbranched alkanes of at least 4 members (excludes halogenated alkanes) is 1. The molecule has 0 aliphatic rings. The number of nitrogens with zero attached hydrogens (tertiary/aromatic N) is 1. The van der Waals surface area contributed by atoms with Crippen molar-refractivity contribution in [3.8, 4) is 0 Å². The quantitative estimate of drug-likeness (QED) is 0.803. The van der Waals surface area contributed by atoms with E-state index in [0.717, 1.165) is 25.0 Å². The van der Waals surface area contributed by atoms with Crippen LogP contribution >= 0.6 is 0 Å². The van der Waals surface area contributed by atoms with Gasteiger partial charge < -0.3 is 5.73 Å². The van der Waals surface area contributed by atoms with Crippen molar-refractivity contribution < 1.29 is 4.39 Å². The zero-order chi connectivity index (χ0) is 10.6. The maximum absolute atomic E-state index is 12.6. The first-order valence-electron chi connectivity index (χ1n) is 4.97. The van der Waals surface area contributed by atoms with E-state index in [1.165, 1.54) is 12.3 Å². The fourth-order valence-electron chi connectivity index (χ4n) is 1.39. The Bertz CT molecular complexity index is 280. The van der Waals surface area contributed by atoms with Crippen molar-refractivity contribution in [2.24, 2.45) is 5.73 Å². The molecule has 14 heavy (non-hydrogen) atoms. The first-order chi connectivity index (χ1) is 6.56. The number of hydrogen-bond donors (Lipinski definition) is 1. The van der Waals surface area contributed by atoms with Gasteiger partial charge in [-0.3, -0.25) is 4.98 Å². The molecule has 0 bridgehead atoms. The van der Waals surface area contributed by atoms with E-state index in [0.29, 0.717) is 0 Å². The molecule has 2 N–H and O–H groups in total. The topological polar surface area (TPSA) is 38.9 Å². The predicted octanol–water partition coefficient (Wildman–Crippen LogP) is 2.58. The van der Waals surface area contributed by atoms with Crippen LogP contribution in [0.15, 0.2) is 18.3 Å². The Labute approximate surface area is 84.3 Å². The maximum Gasteiger partial charge on any atom is 0.141 e. The lowest BCUT2D eigenvalue weighted by Crippen LogP contribution is -2.33. The van der Waals surface area contributed by atoms with Crippen LogP contribution in [0.3, 0.4) is 0 Å². The summed E-state index contributed by atoms with van der Waals surface area (Å²) in [7, 11) is 0. The zero-order valence-electron chi connectivity index (χ0n) is 8.76. The Balaban J connectivity index is 2.75.